The lowest BCUT2D eigenvalue weighted by Gasteiger charge is -2.40. The Morgan fingerprint density at radius 1 is 1.33 bits per heavy atom. The lowest BCUT2D eigenvalue weighted by molar-refractivity contribution is -0.0713. The van der Waals surface area contributed by atoms with Crippen LogP contribution in [0.2, 0.25) is 5.02 Å². The summed E-state index contributed by atoms with van der Waals surface area (Å²) >= 11 is 5.98. The van der Waals surface area contributed by atoms with Gasteiger partial charge in [-0.3, -0.25) is 4.68 Å². The van der Waals surface area contributed by atoms with Crippen LogP contribution in [0.15, 0.2) is 36.9 Å². The van der Waals surface area contributed by atoms with E-state index in [9.17, 15) is 5.11 Å². The summed E-state index contributed by atoms with van der Waals surface area (Å²) in [6.07, 6.45) is 5.10. The average Bonchev–Trinajstić information content (AvgIpc) is 3.00. The van der Waals surface area contributed by atoms with Crippen LogP contribution in [-0.4, -0.2) is 25.5 Å². The molecule has 2 aromatic rings. The second-order valence-corrected chi connectivity index (χ2v) is 6.98. The van der Waals surface area contributed by atoms with Crippen LogP contribution in [-0.2, 0) is 6.54 Å². The van der Waals surface area contributed by atoms with Gasteiger partial charge in [-0.05, 0) is 36.0 Å². The van der Waals surface area contributed by atoms with Gasteiger partial charge in [-0.1, -0.05) is 37.6 Å². The highest BCUT2D eigenvalue weighted by atomic mass is 35.5. The standard InChI is InChI=1S/C16H20ClN3O/c1-15(2)8-7-14(12-3-5-13(17)6-4-12)16(15,21)9-20-11-18-10-19-20/h3-6,10-11,14,21H,7-9H2,1-2H3. The fraction of sp³-hybridized carbons (Fsp3) is 0.500. The van der Waals surface area contributed by atoms with Gasteiger partial charge in [0.2, 0.25) is 0 Å². The van der Waals surface area contributed by atoms with Crippen molar-refractivity contribution in [3.63, 3.8) is 0 Å². The van der Waals surface area contributed by atoms with Crippen molar-refractivity contribution >= 4 is 11.6 Å². The first-order valence-electron chi connectivity index (χ1n) is 7.23. The monoisotopic (exact) mass is 305 g/mol. The molecule has 0 spiro atoms. The van der Waals surface area contributed by atoms with Crippen LogP contribution < -0.4 is 0 Å². The lowest BCUT2D eigenvalue weighted by atomic mass is 9.72. The number of hydrogen-bond donors (Lipinski definition) is 1. The van der Waals surface area contributed by atoms with Crippen LogP contribution in [0.5, 0.6) is 0 Å². The van der Waals surface area contributed by atoms with E-state index in [1.54, 1.807) is 11.0 Å². The fourth-order valence-corrected chi connectivity index (χ4v) is 3.58. The van der Waals surface area contributed by atoms with Gasteiger partial charge in [-0.2, -0.15) is 5.10 Å². The highest BCUT2D eigenvalue weighted by Gasteiger charge is 2.54. The van der Waals surface area contributed by atoms with Crippen molar-refractivity contribution in [2.45, 2.75) is 44.8 Å². The first-order valence-corrected chi connectivity index (χ1v) is 7.60. The molecule has 1 aromatic heterocycles. The van der Waals surface area contributed by atoms with E-state index in [-0.39, 0.29) is 11.3 Å². The first kappa shape index (κ1) is 14.5. The molecule has 1 saturated carbocycles. The van der Waals surface area contributed by atoms with Crippen molar-refractivity contribution in [2.75, 3.05) is 0 Å². The zero-order valence-corrected chi connectivity index (χ0v) is 13.1. The summed E-state index contributed by atoms with van der Waals surface area (Å²) in [7, 11) is 0. The van der Waals surface area contributed by atoms with Crippen LogP contribution >= 0.6 is 11.6 Å². The Balaban J connectivity index is 1.97. The largest absolute Gasteiger partial charge is 0.387 e. The number of benzene rings is 1. The molecule has 2 atom stereocenters. The Morgan fingerprint density at radius 3 is 2.67 bits per heavy atom. The summed E-state index contributed by atoms with van der Waals surface area (Å²) in [5.74, 6) is 0.0777. The summed E-state index contributed by atoms with van der Waals surface area (Å²) < 4.78 is 1.72. The second-order valence-electron chi connectivity index (χ2n) is 6.54. The van der Waals surface area contributed by atoms with Gasteiger partial charge in [0.1, 0.15) is 12.7 Å². The van der Waals surface area contributed by atoms with E-state index in [0.717, 1.165) is 23.4 Å². The van der Waals surface area contributed by atoms with E-state index in [4.69, 9.17) is 11.6 Å². The SMILES string of the molecule is CC1(C)CCC(c2ccc(Cl)cc2)C1(O)Cn1cncn1. The van der Waals surface area contributed by atoms with Gasteiger partial charge in [0.05, 0.1) is 12.1 Å². The van der Waals surface area contributed by atoms with Gasteiger partial charge in [0.15, 0.2) is 0 Å². The maximum atomic E-state index is 11.5. The molecule has 1 heterocycles. The van der Waals surface area contributed by atoms with E-state index in [1.165, 1.54) is 6.33 Å². The van der Waals surface area contributed by atoms with E-state index in [1.807, 2.05) is 24.3 Å². The molecule has 2 unspecified atom stereocenters. The predicted octanol–water partition coefficient (Wildman–Crippen LogP) is 3.27. The van der Waals surface area contributed by atoms with Crippen LogP contribution in [0, 0.1) is 5.41 Å². The third-order valence-electron chi connectivity index (χ3n) is 4.95. The predicted molar refractivity (Wildman–Crippen MR) is 82.2 cm³/mol. The van der Waals surface area contributed by atoms with Gasteiger partial charge in [0, 0.05) is 10.9 Å². The molecule has 1 N–H and O–H groups in total. The van der Waals surface area contributed by atoms with Crippen molar-refractivity contribution in [3.8, 4) is 0 Å². The highest BCUT2D eigenvalue weighted by Crippen LogP contribution is 2.54. The normalized spacial score (nSPS) is 27.9. The zero-order chi connectivity index (χ0) is 15.1. The number of hydrogen-bond acceptors (Lipinski definition) is 3. The smallest absolute Gasteiger partial charge is 0.137 e. The number of aromatic nitrogens is 3. The summed E-state index contributed by atoms with van der Waals surface area (Å²) in [4.78, 5) is 3.98. The minimum Gasteiger partial charge on any atom is -0.387 e. The summed E-state index contributed by atoms with van der Waals surface area (Å²) in [5, 5.41) is 16.3. The molecule has 21 heavy (non-hydrogen) atoms. The Labute approximate surface area is 129 Å². The molecule has 5 heteroatoms. The number of aliphatic hydroxyl groups is 1. The van der Waals surface area contributed by atoms with Gasteiger partial charge in [-0.25, -0.2) is 4.98 Å². The van der Waals surface area contributed by atoms with Crippen LogP contribution in [0.1, 0.15) is 38.2 Å². The molecular formula is C16H20ClN3O. The van der Waals surface area contributed by atoms with Crippen molar-refractivity contribution in [1.82, 2.24) is 14.8 Å². The molecule has 0 bridgehead atoms. The average molecular weight is 306 g/mol. The molecule has 4 nitrogen and oxygen atoms in total. The van der Waals surface area contributed by atoms with Gasteiger partial charge >= 0.3 is 0 Å². The van der Waals surface area contributed by atoms with Crippen molar-refractivity contribution in [2.24, 2.45) is 5.41 Å². The minimum atomic E-state index is -0.853. The first-order chi connectivity index (χ1) is 9.92. The number of rotatable bonds is 3. The quantitative estimate of drug-likeness (QED) is 0.947. The third-order valence-corrected chi connectivity index (χ3v) is 5.20. The number of halogens is 1. The molecule has 112 valence electrons. The Bertz CT molecular complexity index is 609. The maximum Gasteiger partial charge on any atom is 0.137 e. The van der Waals surface area contributed by atoms with E-state index in [2.05, 4.69) is 23.9 Å². The van der Waals surface area contributed by atoms with Crippen molar-refractivity contribution in [3.05, 3.63) is 47.5 Å². The second kappa shape index (κ2) is 5.11. The molecular weight excluding hydrogens is 286 g/mol. The summed E-state index contributed by atoms with van der Waals surface area (Å²) in [6.45, 7) is 4.70. The Hall–Kier alpha value is -1.39. The van der Waals surface area contributed by atoms with Gasteiger partial charge < -0.3 is 5.11 Å². The molecule has 0 aliphatic heterocycles. The molecule has 1 aromatic carbocycles. The molecule has 0 amide bonds. The Morgan fingerprint density at radius 2 is 2.05 bits per heavy atom. The molecule has 0 radical (unpaired) electrons. The van der Waals surface area contributed by atoms with Crippen LogP contribution in [0.4, 0.5) is 0 Å². The van der Waals surface area contributed by atoms with Gasteiger partial charge in [0.25, 0.3) is 0 Å². The molecule has 0 saturated heterocycles. The molecule has 1 aliphatic carbocycles. The van der Waals surface area contributed by atoms with Crippen molar-refractivity contribution < 1.29 is 5.11 Å². The molecule has 1 fully saturated rings. The number of nitrogens with zero attached hydrogens (tertiary/aromatic N) is 3. The van der Waals surface area contributed by atoms with Crippen LogP contribution in [0.25, 0.3) is 0 Å². The topological polar surface area (TPSA) is 50.9 Å². The third kappa shape index (κ3) is 2.47. The zero-order valence-electron chi connectivity index (χ0n) is 12.3. The molecule has 1 aliphatic rings. The summed E-state index contributed by atoms with van der Waals surface area (Å²) in [5.41, 5.74) is 0.102. The van der Waals surface area contributed by atoms with E-state index >= 15 is 0 Å². The lowest BCUT2D eigenvalue weighted by Crippen LogP contribution is -2.47. The fourth-order valence-electron chi connectivity index (χ4n) is 3.46. The summed E-state index contributed by atoms with van der Waals surface area (Å²) in [6, 6.07) is 7.80. The van der Waals surface area contributed by atoms with Crippen LogP contribution in [0.3, 0.4) is 0 Å². The molecule has 3 rings (SSSR count). The minimum absolute atomic E-state index is 0.0777. The maximum absolute atomic E-state index is 11.5. The Kier molecular flexibility index (Phi) is 3.54. The van der Waals surface area contributed by atoms with Crippen molar-refractivity contribution in [1.29, 1.82) is 0 Å². The highest BCUT2D eigenvalue weighted by molar-refractivity contribution is 6.30. The van der Waals surface area contributed by atoms with E-state index < -0.39 is 5.60 Å². The van der Waals surface area contributed by atoms with E-state index in [0.29, 0.717) is 6.54 Å². The van der Waals surface area contributed by atoms with Gasteiger partial charge in [-0.15, -0.1) is 0 Å².